The van der Waals surface area contributed by atoms with E-state index in [1.54, 1.807) is 0 Å². The normalized spacial score (nSPS) is 10.4. The number of hydrogen-bond donors (Lipinski definition) is 2. The van der Waals surface area contributed by atoms with Gasteiger partial charge in [-0.05, 0) is 13.8 Å². The molecule has 0 aliphatic carbocycles. The van der Waals surface area contributed by atoms with Crippen molar-refractivity contribution in [1.82, 2.24) is 15.1 Å². The van der Waals surface area contributed by atoms with Crippen LogP contribution >= 0.6 is 0 Å². The first-order valence-corrected chi connectivity index (χ1v) is 5.04. The number of hydrogen-bond acceptors (Lipinski definition) is 3. The molecular formula is C10H15N3O3. The first-order valence-electron chi connectivity index (χ1n) is 5.04. The summed E-state index contributed by atoms with van der Waals surface area (Å²) in [5.74, 6) is -1.12. The van der Waals surface area contributed by atoms with Crippen molar-refractivity contribution in [2.75, 3.05) is 6.54 Å². The molecule has 0 unspecified atom stereocenters. The molecule has 1 heterocycles. The van der Waals surface area contributed by atoms with Gasteiger partial charge in [0.15, 0.2) is 0 Å². The van der Waals surface area contributed by atoms with Crippen molar-refractivity contribution in [3.8, 4) is 0 Å². The molecule has 0 spiro atoms. The van der Waals surface area contributed by atoms with Gasteiger partial charge in [-0.25, -0.2) is 0 Å². The summed E-state index contributed by atoms with van der Waals surface area (Å²) in [6.45, 7) is 3.90. The number of carbonyl (C=O) groups excluding carboxylic acids is 1. The van der Waals surface area contributed by atoms with E-state index in [2.05, 4.69) is 10.2 Å². The molecule has 0 radical (unpaired) electrons. The highest BCUT2D eigenvalue weighted by molar-refractivity contribution is 5.94. The van der Waals surface area contributed by atoms with Crippen molar-refractivity contribution in [3.05, 3.63) is 18.0 Å². The van der Waals surface area contributed by atoms with Gasteiger partial charge in [-0.2, -0.15) is 5.10 Å². The predicted octanol–water partition coefficient (Wildman–Crippen LogP) is 0.735. The Labute approximate surface area is 93.3 Å². The molecule has 0 aromatic carbocycles. The molecule has 88 valence electrons. The summed E-state index contributed by atoms with van der Waals surface area (Å²) in [5.41, 5.74) is 0.444. The molecule has 0 saturated heterocycles. The number of rotatable bonds is 5. The van der Waals surface area contributed by atoms with Gasteiger partial charge in [-0.15, -0.1) is 0 Å². The van der Waals surface area contributed by atoms with Crippen molar-refractivity contribution in [3.63, 3.8) is 0 Å². The first-order chi connectivity index (χ1) is 7.52. The van der Waals surface area contributed by atoms with Crippen LogP contribution in [0.2, 0.25) is 0 Å². The molecule has 0 aliphatic heterocycles. The fourth-order valence-corrected chi connectivity index (χ4v) is 1.34. The maximum Gasteiger partial charge on any atom is 0.305 e. The van der Waals surface area contributed by atoms with E-state index >= 15 is 0 Å². The summed E-state index contributed by atoms with van der Waals surface area (Å²) >= 11 is 0. The summed E-state index contributed by atoms with van der Waals surface area (Å²) < 4.78 is 0. The van der Waals surface area contributed by atoms with Gasteiger partial charge in [0, 0.05) is 18.8 Å². The number of aromatic nitrogens is 2. The molecule has 0 atom stereocenters. The second-order valence-corrected chi connectivity index (χ2v) is 3.72. The van der Waals surface area contributed by atoms with Gasteiger partial charge in [0.25, 0.3) is 5.91 Å². The summed E-state index contributed by atoms with van der Waals surface area (Å²) in [6, 6.07) is -0.0400. The Morgan fingerprint density at radius 1 is 1.56 bits per heavy atom. The van der Waals surface area contributed by atoms with E-state index in [0.717, 1.165) is 0 Å². The lowest BCUT2D eigenvalue weighted by atomic mass is 10.2. The average Bonchev–Trinajstić information content (AvgIpc) is 2.69. The van der Waals surface area contributed by atoms with Crippen LogP contribution in [0.1, 0.15) is 30.6 Å². The number of nitrogens with zero attached hydrogens (tertiary/aromatic N) is 2. The fraction of sp³-hybridized carbons (Fsp3) is 0.500. The number of carbonyl (C=O) groups is 2. The van der Waals surface area contributed by atoms with Crippen LogP contribution in [0.25, 0.3) is 0 Å². The quantitative estimate of drug-likeness (QED) is 0.773. The van der Waals surface area contributed by atoms with Crippen LogP contribution in [0.15, 0.2) is 12.4 Å². The Morgan fingerprint density at radius 2 is 2.25 bits per heavy atom. The van der Waals surface area contributed by atoms with Crippen LogP contribution in [0, 0.1) is 0 Å². The predicted molar refractivity (Wildman–Crippen MR) is 57.0 cm³/mol. The van der Waals surface area contributed by atoms with Gasteiger partial charge < -0.3 is 10.0 Å². The molecule has 6 heteroatoms. The minimum absolute atomic E-state index is 0.0400. The molecule has 1 aromatic rings. The molecule has 0 fully saturated rings. The van der Waals surface area contributed by atoms with Crippen molar-refractivity contribution in [2.45, 2.75) is 26.3 Å². The monoisotopic (exact) mass is 225 g/mol. The number of nitrogens with one attached hydrogen (secondary N) is 1. The number of carboxylic acids is 1. The molecule has 0 saturated carbocycles. The van der Waals surface area contributed by atoms with Gasteiger partial charge in [-0.1, -0.05) is 0 Å². The summed E-state index contributed by atoms with van der Waals surface area (Å²) in [5, 5.41) is 14.8. The highest BCUT2D eigenvalue weighted by Crippen LogP contribution is 2.07. The van der Waals surface area contributed by atoms with E-state index in [1.165, 1.54) is 17.3 Å². The first kappa shape index (κ1) is 12.2. The molecule has 2 N–H and O–H groups in total. The fourth-order valence-electron chi connectivity index (χ4n) is 1.34. The molecule has 0 bridgehead atoms. The van der Waals surface area contributed by atoms with Gasteiger partial charge in [0.1, 0.15) is 0 Å². The average molecular weight is 225 g/mol. The number of carboxylic acid groups (broad SMARTS) is 1. The number of amides is 1. The topological polar surface area (TPSA) is 86.3 Å². The second-order valence-electron chi connectivity index (χ2n) is 3.72. The Balaban J connectivity index is 2.70. The van der Waals surface area contributed by atoms with E-state index in [1.807, 2.05) is 13.8 Å². The lowest BCUT2D eigenvalue weighted by molar-refractivity contribution is -0.137. The maximum atomic E-state index is 11.9. The lowest BCUT2D eigenvalue weighted by Crippen LogP contribution is -2.38. The molecular weight excluding hydrogens is 210 g/mol. The summed E-state index contributed by atoms with van der Waals surface area (Å²) in [6.07, 6.45) is 2.87. The van der Waals surface area contributed by atoms with Crippen molar-refractivity contribution in [1.29, 1.82) is 0 Å². The lowest BCUT2D eigenvalue weighted by Gasteiger charge is -2.25. The zero-order chi connectivity index (χ0) is 12.1. The molecule has 6 nitrogen and oxygen atoms in total. The summed E-state index contributed by atoms with van der Waals surface area (Å²) in [4.78, 5) is 23.9. The maximum absolute atomic E-state index is 11.9. The number of aromatic amines is 1. The Morgan fingerprint density at radius 3 is 2.69 bits per heavy atom. The van der Waals surface area contributed by atoms with Gasteiger partial charge in [0.05, 0.1) is 18.2 Å². The molecule has 16 heavy (non-hydrogen) atoms. The van der Waals surface area contributed by atoms with Crippen LogP contribution in [-0.4, -0.2) is 44.7 Å². The van der Waals surface area contributed by atoms with E-state index in [-0.39, 0.29) is 24.9 Å². The van der Waals surface area contributed by atoms with E-state index in [9.17, 15) is 9.59 Å². The van der Waals surface area contributed by atoms with E-state index in [4.69, 9.17) is 5.11 Å². The highest BCUT2D eigenvalue weighted by atomic mass is 16.4. The van der Waals surface area contributed by atoms with Crippen molar-refractivity contribution < 1.29 is 14.7 Å². The number of H-pyrrole nitrogens is 1. The molecule has 0 aliphatic rings. The smallest absolute Gasteiger partial charge is 0.305 e. The minimum Gasteiger partial charge on any atom is -0.481 e. The Hall–Kier alpha value is -1.85. The Bertz CT molecular complexity index is 359. The number of aliphatic carboxylic acids is 1. The third kappa shape index (κ3) is 3.08. The van der Waals surface area contributed by atoms with Crippen molar-refractivity contribution in [2.24, 2.45) is 0 Å². The van der Waals surface area contributed by atoms with Crippen LogP contribution in [-0.2, 0) is 4.79 Å². The second kappa shape index (κ2) is 5.29. The summed E-state index contributed by atoms with van der Waals surface area (Å²) in [7, 11) is 0. The van der Waals surface area contributed by atoms with E-state index < -0.39 is 5.97 Å². The van der Waals surface area contributed by atoms with E-state index in [0.29, 0.717) is 5.56 Å². The standard InChI is InChI=1S/C10H15N3O3/c1-7(2)13(4-3-9(14)15)10(16)8-5-11-12-6-8/h5-7H,3-4H2,1-2H3,(H,11,12)(H,14,15). The van der Waals surface area contributed by atoms with Gasteiger partial charge in [0.2, 0.25) is 0 Å². The third-order valence-electron chi connectivity index (χ3n) is 2.20. The highest BCUT2D eigenvalue weighted by Gasteiger charge is 2.19. The Kier molecular flexibility index (Phi) is 4.04. The van der Waals surface area contributed by atoms with Crippen molar-refractivity contribution >= 4 is 11.9 Å². The third-order valence-corrected chi connectivity index (χ3v) is 2.20. The van der Waals surface area contributed by atoms with Gasteiger partial charge >= 0.3 is 5.97 Å². The molecule has 1 rings (SSSR count). The van der Waals surface area contributed by atoms with Crippen LogP contribution in [0.5, 0.6) is 0 Å². The largest absolute Gasteiger partial charge is 0.481 e. The van der Waals surface area contributed by atoms with Crippen LogP contribution in [0.4, 0.5) is 0 Å². The molecule has 1 amide bonds. The minimum atomic E-state index is -0.911. The van der Waals surface area contributed by atoms with Crippen LogP contribution < -0.4 is 0 Å². The zero-order valence-electron chi connectivity index (χ0n) is 9.30. The van der Waals surface area contributed by atoms with Crippen LogP contribution in [0.3, 0.4) is 0 Å². The zero-order valence-corrected chi connectivity index (χ0v) is 9.30. The SMILES string of the molecule is CC(C)N(CCC(=O)O)C(=O)c1cn[nH]c1. The van der Waals surface area contributed by atoms with Gasteiger partial charge in [-0.3, -0.25) is 14.7 Å². The molecule has 1 aromatic heterocycles.